The Bertz CT molecular complexity index is 1800. The Morgan fingerprint density at radius 3 is 2.30 bits per heavy atom. The lowest BCUT2D eigenvalue weighted by atomic mass is 9.81. The summed E-state index contributed by atoms with van der Waals surface area (Å²) in [6, 6.07) is 8.28. The maximum atomic E-state index is 14.5. The molecule has 13 atom stereocenters. The van der Waals surface area contributed by atoms with Crippen LogP contribution in [0.2, 0.25) is 0 Å². The first-order chi connectivity index (χ1) is 30.0. The molecule has 0 spiro atoms. The fraction of sp³-hybridized carbons (Fsp3) is 0.700. The van der Waals surface area contributed by atoms with Crippen molar-refractivity contribution in [2.75, 3.05) is 20.8 Å². The molecule has 1 aromatic carbocycles. The number of hydrogen-bond donors (Lipinski definition) is 2. The number of methoxy groups -OCH3 is 2. The van der Waals surface area contributed by atoms with Crippen LogP contribution >= 0.6 is 0 Å². The molecule has 13 unspecified atom stereocenters. The summed E-state index contributed by atoms with van der Waals surface area (Å²) in [6.45, 7) is 13.4. The van der Waals surface area contributed by atoms with Crippen molar-refractivity contribution in [1.29, 1.82) is 0 Å². The number of aliphatic hydroxyl groups is 1. The van der Waals surface area contributed by atoms with Crippen LogP contribution in [0, 0.1) is 29.6 Å². The summed E-state index contributed by atoms with van der Waals surface area (Å²) in [5.41, 5.74) is 1.88. The van der Waals surface area contributed by atoms with Gasteiger partial charge in [-0.25, -0.2) is 4.79 Å². The van der Waals surface area contributed by atoms with E-state index in [9.17, 15) is 29.1 Å². The van der Waals surface area contributed by atoms with Gasteiger partial charge in [-0.2, -0.15) is 0 Å². The van der Waals surface area contributed by atoms with Gasteiger partial charge >= 0.3 is 5.97 Å². The van der Waals surface area contributed by atoms with Gasteiger partial charge in [-0.1, -0.05) is 63.6 Å². The molecule has 2 amide bonds. The number of cyclic esters (lactones) is 1. The van der Waals surface area contributed by atoms with Crippen LogP contribution in [0.25, 0.3) is 0 Å². The predicted octanol–water partition coefficient (Wildman–Crippen LogP) is 7.08. The first kappa shape index (κ1) is 50.1. The largest absolute Gasteiger partial charge is 0.488 e. The Kier molecular flexibility index (Phi) is 18.1. The summed E-state index contributed by atoms with van der Waals surface area (Å²) in [4.78, 5) is 70.5. The van der Waals surface area contributed by atoms with Crippen LogP contribution in [0.3, 0.4) is 0 Å². The molecule has 1 aliphatic carbocycles. The minimum Gasteiger partial charge on any atom is -0.488 e. The fourth-order valence-electron chi connectivity index (χ4n) is 10.4. The van der Waals surface area contributed by atoms with E-state index < -0.39 is 59.8 Å². The van der Waals surface area contributed by atoms with Crippen molar-refractivity contribution >= 4 is 29.4 Å². The van der Waals surface area contributed by atoms with E-state index in [0.717, 1.165) is 17.6 Å². The minimum atomic E-state index is -2.48. The molecule has 63 heavy (non-hydrogen) atoms. The highest BCUT2D eigenvalue weighted by atomic mass is 16.7. The molecule has 13 nitrogen and oxygen atoms in total. The number of amides is 2. The van der Waals surface area contributed by atoms with Gasteiger partial charge in [0.2, 0.25) is 11.7 Å². The molecule has 0 aromatic heterocycles. The summed E-state index contributed by atoms with van der Waals surface area (Å²) in [6.07, 6.45) is 7.54. The van der Waals surface area contributed by atoms with Crippen LogP contribution in [-0.4, -0.2) is 109 Å². The monoisotopic (exact) mass is 879 g/mol. The quantitative estimate of drug-likeness (QED) is 0.156. The van der Waals surface area contributed by atoms with Crippen molar-refractivity contribution in [2.45, 2.75) is 174 Å². The highest BCUT2D eigenvalue weighted by Gasteiger charge is 2.56. The second kappa shape index (κ2) is 22.8. The van der Waals surface area contributed by atoms with E-state index in [0.29, 0.717) is 57.1 Å². The van der Waals surface area contributed by atoms with Gasteiger partial charge in [-0.05, 0) is 120 Å². The molecule has 350 valence electrons. The van der Waals surface area contributed by atoms with Crippen LogP contribution in [0.1, 0.15) is 126 Å². The highest BCUT2D eigenvalue weighted by Crippen LogP contribution is 2.39. The summed E-state index contributed by atoms with van der Waals surface area (Å²) in [5.74, 6) is -5.80. The van der Waals surface area contributed by atoms with Gasteiger partial charge in [-0.15, -0.1) is 0 Å². The van der Waals surface area contributed by atoms with E-state index in [4.69, 9.17) is 23.7 Å². The lowest BCUT2D eigenvalue weighted by molar-refractivity contribution is -0.302. The topological polar surface area (TPSA) is 167 Å². The zero-order chi connectivity index (χ0) is 46.0. The average Bonchev–Trinajstić information content (AvgIpc) is 3.26. The van der Waals surface area contributed by atoms with Crippen molar-refractivity contribution in [3.63, 3.8) is 0 Å². The van der Waals surface area contributed by atoms with Gasteiger partial charge in [0.15, 0.2) is 0 Å². The molecule has 4 aliphatic rings. The lowest BCUT2D eigenvalue weighted by Crippen LogP contribution is -2.64. The average molecular weight is 879 g/mol. The minimum absolute atomic E-state index is 0.0317. The molecule has 1 saturated carbocycles. The third-order valence-electron chi connectivity index (χ3n) is 13.9. The number of hydrogen-bond acceptors (Lipinski definition) is 11. The number of fused-ring (bicyclic) bond motifs is 3. The van der Waals surface area contributed by atoms with Crippen molar-refractivity contribution in [3.05, 3.63) is 53.6 Å². The molecule has 2 saturated heterocycles. The van der Waals surface area contributed by atoms with Crippen molar-refractivity contribution in [2.24, 2.45) is 29.6 Å². The lowest BCUT2D eigenvalue weighted by Gasteiger charge is -2.47. The number of ether oxygens (including phenoxy) is 5. The van der Waals surface area contributed by atoms with Crippen LogP contribution in [0.5, 0.6) is 5.75 Å². The second-order valence-electron chi connectivity index (χ2n) is 19.0. The van der Waals surface area contributed by atoms with Crippen LogP contribution in [0.15, 0.2) is 53.6 Å². The van der Waals surface area contributed by atoms with Crippen LogP contribution in [-0.2, 0) is 42.9 Å². The summed E-state index contributed by atoms with van der Waals surface area (Å²) < 4.78 is 31.0. The number of carbonyl (C=O) groups excluding carboxylic acids is 5. The van der Waals surface area contributed by atoms with Crippen molar-refractivity contribution in [3.8, 4) is 5.75 Å². The Balaban J connectivity index is 1.49. The Labute approximate surface area is 375 Å². The number of esters is 1. The van der Waals surface area contributed by atoms with Gasteiger partial charge in [0, 0.05) is 45.9 Å². The Hall–Kier alpha value is -3.91. The summed E-state index contributed by atoms with van der Waals surface area (Å²) in [7, 11) is 3.10. The highest BCUT2D eigenvalue weighted by molar-refractivity contribution is 6.39. The number of rotatable bonds is 8. The van der Waals surface area contributed by atoms with Crippen LogP contribution < -0.4 is 10.1 Å². The Morgan fingerprint density at radius 1 is 0.937 bits per heavy atom. The molecular weight excluding hydrogens is 805 g/mol. The molecule has 5 rings (SSSR count). The molecule has 0 radical (unpaired) electrons. The van der Waals surface area contributed by atoms with Crippen LogP contribution in [0.4, 0.5) is 0 Å². The number of Topliss-reactive ketones (excluding diaryl/α,β-unsaturated/α-hetero) is 2. The second-order valence-corrected chi connectivity index (χ2v) is 19.0. The standard InChI is InChI=1S/C50H74N2O11/c1-10-37-25-30(2)24-31(3)26-43(59-8)46-44(60-9)28-34(6)50(58,63-46)47(55)48(56)52-23-15-14-18-40(52)49(57)62-45(32(4)19-22-41(37)54)33(5)27-36-20-21-39(51-35(7)53)42(29-36)61-38-16-12-11-13-17-38/h11-13,16-17,25,27,31-32,34,36-37,39-40,42-46,58H,10,14-15,18-24,26,28-29H2,1-9H3,(H,51,53). The summed E-state index contributed by atoms with van der Waals surface area (Å²) in [5, 5.41) is 15.2. The van der Waals surface area contributed by atoms with E-state index in [2.05, 4.69) is 24.4 Å². The molecule has 3 aliphatic heterocycles. The maximum Gasteiger partial charge on any atom is 0.329 e. The van der Waals surface area contributed by atoms with E-state index in [-0.39, 0.29) is 73.3 Å². The fourth-order valence-corrected chi connectivity index (χ4v) is 10.4. The van der Waals surface area contributed by atoms with Gasteiger partial charge in [0.25, 0.3) is 11.7 Å². The molecule has 1 aromatic rings. The summed E-state index contributed by atoms with van der Waals surface area (Å²) >= 11 is 0. The van der Waals surface area contributed by atoms with Crippen molar-refractivity contribution < 1.29 is 52.8 Å². The molecule has 3 heterocycles. The van der Waals surface area contributed by atoms with Gasteiger partial charge < -0.3 is 39.0 Å². The molecular formula is C50H74N2O11. The smallest absolute Gasteiger partial charge is 0.329 e. The molecule has 3 fully saturated rings. The number of carbonyl (C=O) groups is 5. The first-order valence-electron chi connectivity index (χ1n) is 23.4. The van der Waals surface area contributed by atoms with Crippen molar-refractivity contribution in [1.82, 2.24) is 10.2 Å². The SMILES string of the molecule is CCC1C=C(C)CC(C)CC(OC)C2OC(O)(C(=O)C(=O)N3CCCCC3C(=O)OC(C(C)=CC3CCC(NC(C)=O)C(Oc4ccccc4)C3)C(C)CCC1=O)C(C)CC2OC. The van der Waals surface area contributed by atoms with E-state index >= 15 is 0 Å². The third kappa shape index (κ3) is 12.7. The van der Waals surface area contributed by atoms with Gasteiger partial charge in [0.05, 0.1) is 18.2 Å². The van der Waals surface area contributed by atoms with E-state index in [1.807, 2.05) is 58.0 Å². The maximum absolute atomic E-state index is 14.5. The number of ketones is 2. The zero-order valence-corrected chi connectivity index (χ0v) is 39.1. The first-order valence-corrected chi connectivity index (χ1v) is 23.4. The third-order valence-corrected chi connectivity index (χ3v) is 13.9. The zero-order valence-electron chi connectivity index (χ0n) is 39.1. The van der Waals surface area contributed by atoms with Gasteiger partial charge in [-0.3, -0.25) is 19.2 Å². The normalized spacial score (nSPS) is 36.0. The number of nitrogens with one attached hydrogen (secondary N) is 1. The number of piperidine rings is 1. The number of allylic oxidation sites excluding steroid dienone is 3. The predicted molar refractivity (Wildman–Crippen MR) is 238 cm³/mol. The number of nitrogens with zero attached hydrogens (tertiary/aromatic N) is 1. The molecule has 13 heteroatoms. The molecule has 2 N–H and O–H groups in total. The molecule has 2 bridgehead atoms. The van der Waals surface area contributed by atoms with E-state index in [1.54, 1.807) is 21.1 Å². The number of benzene rings is 1. The van der Waals surface area contributed by atoms with E-state index in [1.165, 1.54) is 11.8 Å². The number of para-hydroxylation sites is 1. The Morgan fingerprint density at radius 2 is 1.63 bits per heavy atom. The van der Waals surface area contributed by atoms with Gasteiger partial charge in [0.1, 0.15) is 35.9 Å².